The molecule has 2 aliphatic rings. The van der Waals surface area contributed by atoms with Crippen LogP contribution >= 0.6 is 11.8 Å². The first-order valence-electron chi connectivity index (χ1n) is 6.96. The Morgan fingerprint density at radius 1 is 1.47 bits per heavy atom. The van der Waals surface area contributed by atoms with Crippen LogP contribution in [0.2, 0.25) is 0 Å². The summed E-state index contributed by atoms with van der Waals surface area (Å²) in [6.45, 7) is 4.91. The number of thioether (sulfide) groups is 1. The van der Waals surface area contributed by atoms with E-state index in [9.17, 15) is 14.7 Å². The molecule has 0 spiro atoms. The Hall–Kier alpha value is -0.750. The number of amides is 1. The van der Waals surface area contributed by atoms with Gasteiger partial charge in [-0.1, -0.05) is 13.8 Å². The monoisotopic (exact) mass is 286 g/mol. The number of hydrogen-bond acceptors (Lipinski definition) is 4. The molecule has 0 radical (unpaired) electrons. The van der Waals surface area contributed by atoms with Gasteiger partial charge in [0, 0.05) is 5.75 Å². The predicted octanol–water partition coefficient (Wildman–Crippen LogP) is 1.14. The van der Waals surface area contributed by atoms with E-state index in [-0.39, 0.29) is 23.2 Å². The highest BCUT2D eigenvalue weighted by Crippen LogP contribution is 2.33. The molecule has 4 atom stereocenters. The van der Waals surface area contributed by atoms with Crippen LogP contribution in [-0.2, 0) is 9.59 Å². The Labute approximate surface area is 118 Å². The molecule has 108 valence electrons. The van der Waals surface area contributed by atoms with Crippen molar-refractivity contribution in [2.45, 2.75) is 50.6 Å². The minimum atomic E-state index is -0.889. The van der Waals surface area contributed by atoms with Gasteiger partial charge in [-0.15, -0.1) is 11.8 Å². The number of piperidine rings is 1. The highest BCUT2D eigenvalue weighted by molar-refractivity contribution is 8.00. The molecule has 0 saturated carbocycles. The second-order valence-electron chi connectivity index (χ2n) is 5.35. The van der Waals surface area contributed by atoms with Gasteiger partial charge in [0.2, 0.25) is 5.91 Å². The fourth-order valence-corrected chi connectivity index (χ4v) is 4.26. The molecule has 0 aromatic carbocycles. The summed E-state index contributed by atoms with van der Waals surface area (Å²) in [7, 11) is 0. The molecule has 1 amide bonds. The number of carboxylic acid groups (broad SMARTS) is 1. The normalized spacial score (nSPS) is 35.4. The van der Waals surface area contributed by atoms with Crippen LogP contribution in [0.25, 0.3) is 0 Å². The smallest absolute Gasteiger partial charge is 0.327 e. The van der Waals surface area contributed by atoms with E-state index >= 15 is 0 Å². The van der Waals surface area contributed by atoms with Crippen molar-refractivity contribution >= 4 is 23.6 Å². The van der Waals surface area contributed by atoms with Crippen LogP contribution in [0.15, 0.2) is 0 Å². The number of hydrogen-bond donors (Lipinski definition) is 2. The maximum absolute atomic E-state index is 12.7. The summed E-state index contributed by atoms with van der Waals surface area (Å²) in [5.74, 6) is -0.142. The summed E-state index contributed by atoms with van der Waals surface area (Å²) in [6, 6.07) is -0.887. The third-order valence-corrected chi connectivity index (χ3v) is 5.47. The average molecular weight is 286 g/mol. The van der Waals surface area contributed by atoms with Crippen molar-refractivity contribution in [1.82, 2.24) is 10.2 Å². The first-order chi connectivity index (χ1) is 9.06. The second-order valence-corrected chi connectivity index (χ2v) is 6.56. The van der Waals surface area contributed by atoms with E-state index in [1.807, 2.05) is 6.92 Å². The van der Waals surface area contributed by atoms with E-state index in [0.29, 0.717) is 5.75 Å². The summed E-state index contributed by atoms with van der Waals surface area (Å²) in [6.07, 6.45) is 2.90. The minimum Gasteiger partial charge on any atom is -0.480 e. The maximum Gasteiger partial charge on any atom is 0.327 e. The van der Waals surface area contributed by atoms with Gasteiger partial charge in [-0.2, -0.15) is 0 Å². The lowest BCUT2D eigenvalue weighted by Gasteiger charge is -2.35. The van der Waals surface area contributed by atoms with Gasteiger partial charge >= 0.3 is 5.97 Å². The van der Waals surface area contributed by atoms with Gasteiger partial charge < -0.3 is 15.3 Å². The van der Waals surface area contributed by atoms with Gasteiger partial charge in [-0.25, -0.2) is 4.79 Å². The Kier molecular flexibility index (Phi) is 4.73. The fourth-order valence-electron chi connectivity index (χ4n) is 2.90. The number of rotatable bonds is 3. The van der Waals surface area contributed by atoms with Crippen molar-refractivity contribution < 1.29 is 14.7 Å². The fraction of sp³-hybridized carbons (Fsp3) is 0.846. The zero-order valence-electron chi connectivity index (χ0n) is 11.5. The first-order valence-corrected chi connectivity index (χ1v) is 8.01. The molecule has 4 unspecified atom stereocenters. The zero-order valence-corrected chi connectivity index (χ0v) is 12.3. The summed E-state index contributed by atoms with van der Waals surface area (Å²) in [4.78, 5) is 25.6. The highest BCUT2D eigenvalue weighted by Gasteiger charge is 2.44. The van der Waals surface area contributed by atoms with Crippen molar-refractivity contribution in [3.8, 4) is 0 Å². The third-order valence-electron chi connectivity index (χ3n) is 4.02. The predicted molar refractivity (Wildman–Crippen MR) is 75.0 cm³/mol. The summed E-state index contributed by atoms with van der Waals surface area (Å²) in [5, 5.41) is 12.5. The van der Waals surface area contributed by atoms with Gasteiger partial charge in [0.25, 0.3) is 0 Å². The molecule has 2 fully saturated rings. The second kappa shape index (κ2) is 6.13. The SMILES string of the molecule is CCC1SCC(C(=O)O)N1C(=O)C1NCCCC1C. The van der Waals surface area contributed by atoms with Gasteiger partial charge in [0.05, 0.1) is 11.4 Å². The van der Waals surface area contributed by atoms with Crippen LogP contribution in [-0.4, -0.2) is 51.6 Å². The van der Waals surface area contributed by atoms with Gasteiger partial charge in [0.15, 0.2) is 0 Å². The van der Waals surface area contributed by atoms with Crippen molar-refractivity contribution in [3.63, 3.8) is 0 Å². The number of carbonyl (C=O) groups is 2. The largest absolute Gasteiger partial charge is 0.480 e. The molecule has 0 aromatic heterocycles. The quantitative estimate of drug-likeness (QED) is 0.814. The summed E-state index contributed by atoms with van der Waals surface area (Å²) in [5.41, 5.74) is 0. The van der Waals surface area contributed by atoms with Crippen LogP contribution in [0.1, 0.15) is 33.1 Å². The standard InChI is InChI=1S/C13H22N2O3S/c1-3-10-15(9(7-19-10)13(17)18)12(16)11-8(2)5-4-6-14-11/h8-11,14H,3-7H2,1-2H3,(H,17,18). The van der Waals surface area contributed by atoms with E-state index in [4.69, 9.17) is 0 Å². The molecule has 0 bridgehead atoms. The lowest BCUT2D eigenvalue weighted by Crippen LogP contribution is -2.56. The van der Waals surface area contributed by atoms with Crippen molar-refractivity contribution in [2.75, 3.05) is 12.3 Å². The molecule has 2 heterocycles. The summed E-state index contributed by atoms with van der Waals surface area (Å²) < 4.78 is 0. The average Bonchev–Trinajstić information content (AvgIpc) is 2.82. The highest BCUT2D eigenvalue weighted by atomic mass is 32.2. The number of aliphatic carboxylic acids is 1. The van der Waals surface area contributed by atoms with Gasteiger partial charge in [-0.05, 0) is 31.7 Å². The van der Waals surface area contributed by atoms with Crippen LogP contribution in [0.5, 0.6) is 0 Å². The number of nitrogens with zero attached hydrogens (tertiary/aromatic N) is 1. The first kappa shape index (κ1) is 14.7. The molecule has 2 rings (SSSR count). The molecule has 2 saturated heterocycles. The van der Waals surface area contributed by atoms with Gasteiger partial charge in [-0.3, -0.25) is 4.79 Å². The van der Waals surface area contributed by atoms with Crippen LogP contribution in [0.3, 0.4) is 0 Å². The molecule has 0 aliphatic carbocycles. The van der Waals surface area contributed by atoms with E-state index in [1.54, 1.807) is 16.7 Å². The van der Waals surface area contributed by atoms with Crippen molar-refractivity contribution in [2.24, 2.45) is 5.92 Å². The summed E-state index contributed by atoms with van der Waals surface area (Å²) >= 11 is 1.58. The van der Waals surface area contributed by atoms with E-state index in [1.165, 1.54) is 0 Å². The number of carboxylic acids is 1. The molecule has 5 nitrogen and oxygen atoms in total. The molecule has 0 aromatic rings. The van der Waals surface area contributed by atoms with Gasteiger partial charge in [0.1, 0.15) is 6.04 Å². The Morgan fingerprint density at radius 2 is 2.21 bits per heavy atom. The minimum absolute atomic E-state index is 0.00419. The Balaban J connectivity index is 2.15. The van der Waals surface area contributed by atoms with Crippen molar-refractivity contribution in [1.29, 1.82) is 0 Å². The van der Waals surface area contributed by atoms with Crippen LogP contribution < -0.4 is 5.32 Å². The number of nitrogens with one attached hydrogen (secondary N) is 1. The van der Waals surface area contributed by atoms with E-state index in [2.05, 4.69) is 12.2 Å². The Bertz CT molecular complexity index is 364. The number of carbonyl (C=O) groups excluding carboxylic acids is 1. The molecule has 19 heavy (non-hydrogen) atoms. The molecule has 6 heteroatoms. The Morgan fingerprint density at radius 3 is 2.79 bits per heavy atom. The van der Waals surface area contributed by atoms with E-state index in [0.717, 1.165) is 25.8 Å². The molecular weight excluding hydrogens is 264 g/mol. The van der Waals surface area contributed by atoms with Crippen LogP contribution in [0.4, 0.5) is 0 Å². The molecule has 2 N–H and O–H groups in total. The lowest BCUT2D eigenvalue weighted by molar-refractivity contribution is -0.150. The molecule has 2 aliphatic heterocycles. The third kappa shape index (κ3) is 2.89. The topological polar surface area (TPSA) is 69.6 Å². The maximum atomic E-state index is 12.7. The van der Waals surface area contributed by atoms with Crippen molar-refractivity contribution in [3.05, 3.63) is 0 Å². The zero-order chi connectivity index (χ0) is 14.0. The lowest BCUT2D eigenvalue weighted by atomic mass is 9.91. The van der Waals surface area contributed by atoms with E-state index < -0.39 is 12.0 Å². The molecular formula is C13H22N2O3S. The van der Waals surface area contributed by atoms with Crippen LogP contribution in [0, 0.1) is 5.92 Å².